The second-order valence-corrected chi connectivity index (χ2v) is 6.73. The summed E-state index contributed by atoms with van der Waals surface area (Å²) in [6.07, 6.45) is 1.83. The predicted molar refractivity (Wildman–Crippen MR) is 98.2 cm³/mol. The molecule has 1 heterocycles. The molecule has 0 saturated heterocycles. The first kappa shape index (κ1) is 17.1. The fourth-order valence-electron chi connectivity index (χ4n) is 2.12. The average Bonchev–Trinajstić information content (AvgIpc) is 3.10. The summed E-state index contributed by atoms with van der Waals surface area (Å²) in [6.45, 7) is 0. The fourth-order valence-corrected chi connectivity index (χ4v) is 3.30. The van der Waals surface area contributed by atoms with Crippen molar-refractivity contribution in [3.63, 3.8) is 0 Å². The van der Waals surface area contributed by atoms with Gasteiger partial charge >= 0.3 is 0 Å². The van der Waals surface area contributed by atoms with Crippen molar-refractivity contribution in [2.45, 2.75) is 4.90 Å². The highest BCUT2D eigenvalue weighted by atomic mass is 32.2. The smallest absolute Gasteiger partial charge is 0.282 e. The molecule has 1 amide bonds. The molecule has 0 unspecified atom stereocenters. The molecular formula is C16H12N4O3S2. The van der Waals surface area contributed by atoms with Gasteiger partial charge in [-0.1, -0.05) is 41.7 Å². The Labute approximate surface area is 151 Å². The Balaban J connectivity index is 1.86. The summed E-state index contributed by atoms with van der Waals surface area (Å²) in [7, 11) is 0. The van der Waals surface area contributed by atoms with Crippen molar-refractivity contribution < 1.29 is 9.72 Å². The first-order chi connectivity index (χ1) is 12.1. The minimum Gasteiger partial charge on any atom is -0.296 e. The first-order valence-corrected chi connectivity index (χ1v) is 9.15. The van der Waals surface area contributed by atoms with E-state index >= 15 is 0 Å². The Bertz CT molecular complexity index is 928. The third kappa shape index (κ3) is 3.83. The van der Waals surface area contributed by atoms with Crippen LogP contribution in [0.3, 0.4) is 0 Å². The highest BCUT2D eigenvalue weighted by Gasteiger charge is 2.22. The van der Waals surface area contributed by atoms with E-state index in [2.05, 4.69) is 15.5 Å². The van der Waals surface area contributed by atoms with Gasteiger partial charge in [-0.05, 0) is 18.4 Å². The van der Waals surface area contributed by atoms with E-state index in [4.69, 9.17) is 0 Å². The molecule has 2 aromatic carbocycles. The summed E-state index contributed by atoms with van der Waals surface area (Å²) < 4.78 is 0. The molecular weight excluding hydrogens is 360 g/mol. The molecule has 0 radical (unpaired) electrons. The van der Waals surface area contributed by atoms with Gasteiger partial charge in [-0.3, -0.25) is 20.2 Å². The van der Waals surface area contributed by atoms with E-state index in [-0.39, 0.29) is 16.4 Å². The molecule has 3 aromatic rings. The Morgan fingerprint density at radius 2 is 1.96 bits per heavy atom. The maximum absolute atomic E-state index is 12.5. The Kier molecular flexibility index (Phi) is 5.05. The van der Waals surface area contributed by atoms with Crippen molar-refractivity contribution in [3.8, 4) is 10.6 Å². The second-order valence-electron chi connectivity index (χ2n) is 4.87. The molecule has 0 saturated carbocycles. The molecule has 0 aliphatic heterocycles. The van der Waals surface area contributed by atoms with E-state index in [0.29, 0.717) is 5.01 Å². The Morgan fingerprint density at radius 3 is 2.64 bits per heavy atom. The molecule has 0 aliphatic rings. The van der Waals surface area contributed by atoms with E-state index < -0.39 is 10.8 Å². The van der Waals surface area contributed by atoms with Crippen LogP contribution < -0.4 is 5.32 Å². The summed E-state index contributed by atoms with van der Waals surface area (Å²) in [6, 6.07) is 13.9. The topological polar surface area (TPSA) is 98.0 Å². The number of thioether (sulfide) groups is 1. The number of nitro groups is 1. The number of hydrogen-bond donors (Lipinski definition) is 1. The zero-order valence-electron chi connectivity index (χ0n) is 13.0. The fraction of sp³-hybridized carbons (Fsp3) is 0.0625. The molecule has 3 rings (SSSR count). The quantitative estimate of drug-likeness (QED) is 0.411. The van der Waals surface area contributed by atoms with Crippen LogP contribution in [0.5, 0.6) is 0 Å². The van der Waals surface area contributed by atoms with Crippen LogP contribution in [-0.4, -0.2) is 27.3 Å². The van der Waals surface area contributed by atoms with Crippen molar-refractivity contribution in [2.75, 3.05) is 11.6 Å². The van der Waals surface area contributed by atoms with Crippen molar-refractivity contribution >= 4 is 39.8 Å². The molecule has 0 atom stereocenters. The van der Waals surface area contributed by atoms with Gasteiger partial charge in [-0.15, -0.1) is 22.0 Å². The van der Waals surface area contributed by atoms with E-state index in [1.165, 1.54) is 35.2 Å². The molecule has 0 fully saturated rings. The minimum atomic E-state index is -0.585. The molecule has 126 valence electrons. The van der Waals surface area contributed by atoms with Gasteiger partial charge in [0.15, 0.2) is 0 Å². The lowest BCUT2D eigenvalue weighted by Gasteiger charge is -2.04. The SMILES string of the molecule is CSc1ccc([N+](=O)[O-])c(C(=O)Nc2nnc(-c3ccccc3)s2)c1. The molecule has 7 nitrogen and oxygen atoms in total. The normalized spacial score (nSPS) is 10.4. The third-order valence-corrected chi connectivity index (χ3v) is 4.92. The number of carbonyl (C=O) groups is 1. The summed E-state index contributed by atoms with van der Waals surface area (Å²) in [5.41, 5.74) is 0.632. The largest absolute Gasteiger partial charge is 0.296 e. The van der Waals surface area contributed by atoms with Gasteiger partial charge in [0.1, 0.15) is 10.6 Å². The van der Waals surface area contributed by atoms with Crippen molar-refractivity contribution in [3.05, 3.63) is 64.2 Å². The molecule has 0 spiro atoms. The number of hydrogen-bond acceptors (Lipinski definition) is 7. The van der Waals surface area contributed by atoms with Crippen LogP contribution in [0.4, 0.5) is 10.8 Å². The Morgan fingerprint density at radius 1 is 1.20 bits per heavy atom. The molecule has 0 bridgehead atoms. The zero-order valence-corrected chi connectivity index (χ0v) is 14.6. The number of aromatic nitrogens is 2. The number of anilines is 1. The highest BCUT2D eigenvalue weighted by molar-refractivity contribution is 7.98. The summed E-state index contributed by atoms with van der Waals surface area (Å²) >= 11 is 2.60. The number of amides is 1. The van der Waals surface area contributed by atoms with Crippen LogP contribution in [0.2, 0.25) is 0 Å². The van der Waals surface area contributed by atoms with Crippen LogP contribution >= 0.6 is 23.1 Å². The number of rotatable bonds is 5. The maximum atomic E-state index is 12.5. The van der Waals surface area contributed by atoms with Gasteiger partial charge in [0.05, 0.1) is 4.92 Å². The number of nitro benzene ring substituents is 1. The number of carbonyl (C=O) groups excluding carboxylic acids is 1. The average molecular weight is 372 g/mol. The summed E-state index contributed by atoms with van der Waals surface area (Å²) in [5.74, 6) is -0.585. The van der Waals surface area contributed by atoms with E-state index in [1.54, 1.807) is 6.07 Å². The van der Waals surface area contributed by atoms with Gasteiger partial charge < -0.3 is 0 Å². The summed E-state index contributed by atoms with van der Waals surface area (Å²) in [4.78, 5) is 23.8. The molecule has 25 heavy (non-hydrogen) atoms. The molecule has 1 aromatic heterocycles. The zero-order chi connectivity index (χ0) is 17.8. The highest BCUT2D eigenvalue weighted by Crippen LogP contribution is 2.28. The van der Waals surface area contributed by atoms with Crippen molar-refractivity contribution in [1.29, 1.82) is 0 Å². The monoisotopic (exact) mass is 372 g/mol. The first-order valence-electron chi connectivity index (χ1n) is 7.11. The Hall–Kier alpha value is -2.78. The molecule has 1 N–H and O–H groups in total. The van der Waals surface area contributed by atoms with E-state index in [9.17, 15) is 14.9 Å². The molecule has 0 aliphatic carbocycles. The lowest BCUT2D eigenvalue weighted by Crippen LogP contribution is -2.14. The standard InChI is InChI=1S/C16H12N4O3S2/c1-24-11-7-8-13(20(22)23)12(9-11)14(21)17-16-19-18-15(25-16)10-5-3-2-4-6-10/h2-9H,1H3,(H,17,19,21). The van der Waals surface area contributed by atoms with Gasteiger partial charge in [0.25, 0.3) is 11.6 Å². The van der Waals surface area contributed by atoms with E-state index in [1.807, 2.05) is 36.6 Å². The molecule has 9 heteroatoms. The minimum absolute atomic E-state index is 0.00619. The lowest BCUT2D eigenvalue weighted by molar-refractivity contribution is -0.385. The van der Waals surface area contributed by atoms with Gasteiger partial charge in [0.2, 0.25) is 5.13 Å². The van der Waals surface area contributed by atoms with Crippen molar-refractivity contribution in [2.24, 2.45) is 0 Å². The van der Waals surface area contributed by atoms with Crippen LogP contribution in [-0.2, 0) is 0 Å². The second kappa shape index (κ2) is 7.41. The van der Waals surface area contributed by atoms with Gasteiger partial charge in [-0.25, -0.2) is 0 Å². The number of benzene rings is 2. The summed E-state index contributed by atoms with van der Waals surface area (Å²) in [5, 5.41) is 22.7. The van der Waals surface area contributed by atoms with E-state index in [0.717, 1.165) is 10.5 Å². The van der Waals surface area contributed by atoms with Crippen LogP contribution in [0, 0.1) is 10.1 Å². The van der Waals surface area contributed by atoms with Crippen LogP contribution in [0.1, 0.15) is 10.4 Å². The maximum Gasteiger partial charge on any atom is 0.282 e. The number of nitrogens with one attached hydrogen (secondary N) is 1. The van der Waals surface area contributed by atoms with Crippen LogP contribution in [0.15, 0.2) is 53.4 Å². The van der Waals surface area contributed by atoms with Crippen molar-refractivity contribution in [1.82, 2.24) is 10.2 Å². The van der Waals surface area contributed by atoms with Gasteiger partial charge in [-0.2, -0.15) is 0 Å². The lowest BCUT2D eigenvalue weighted by atomic mass is 10.1. The third-order valence-electron chi connectivity index (χ3n) is 3.31. The number of nitrogens with zero attached hydrogens (tertiary/aromatic N) is 3. The predicted octanol–water partition coefficient (Wildman–Crippen LogP) is 4.09. The van der Waals surface area contributed by atoms with Crippen LogP contribution in [0.25, 0.3) is 10.6 Å². The van der Waals surface area contributed by atoms with Gasteiger partial charge in [0, 0.05) is 16.5 Å².